The molecule has 116 valence electrons. The fourth-order valence-electron chi connectivity index (χ4n) is 2.25. The number of urea groups is 1. The summed E-state index contributed by atoms with van der Waals surface area (Å²) in [5.74, 6) is -0.763. The van der Waals surface area contributed by atoms with Gasteiger partial charge in [0.1, 0.15) is 11.5 Å². The molecule has 0 radical (unpaired) electrons. The summed E-state index contributed by atoms with van der Waals surface area (Å²) in [5, 5.41) is 2.56. The number of rotatable bonds is 3. The molecule has 0 unspecified atom stereocenters. The Morgan fingerprint density at radius 3 is 2.57 bits per heavy atom. The summed E-state index contributed by atoms with van der Waals surface area (Å²) in [6.45, 7) is 0.0980. The number of carbonyl (C=O) groups excluding carboxylic acids is 2. The first-order chi connectivity index (χ1) is 11.0. The molecule has 3 amide bonds. The van der Waals surface area contributed by atoms with Gasteiger partial charge in [0.15, 0.2) is 0 Å². The number of nitrogens with zero attached hydrogens (tertiary/aromatic N) is 1. The smallest absolute Gasteiger partial charge is 0.303 e. The van der Waals surface area contributed by atoms with Crippen molar-refractivity contribution in [3.8, 4) is 0 Å². The van der Waals surface area contributed by atoms with Crippen molar-refractivity contribution in [3.05, 3.63) is 75.6 Å². The Balaban J connectivity index is 1.81. The van der Waals surface area contributed by atoms with E-state index in [1.54, 1.807) is 18.2 Å². The monoisotopic (exact) mass is 374 g/mol. The van der Waals surface area contributed by atoms with Crippen LogP contribution in [0.4, 0.5) is 9.18 Å². The molecule has 0 aliphatic carbocycles. The first-order valence-corrected chi connectivity index (χ1v) is 7.67. The summed E-state index contributed by atoms with van der Waals surface area (Å²) >= 11 is 3.36. The number of carbonyl (C=O) groups is 2. The van der Waals surface area contributed by atoms with Crippen LogP contribution < -0.4 is 5.32 Å². The van der Waals surface area contributed by atoms with Gasteiger partial charge in [-0.2, -0.15) is 0 Å². The lowest BCUT2D eigenvalue weighted by atomic mass is 10.2. The summed E-state index contributed by atoms with van der Waals surface area (Å²) in [4.78, 5) is 25.5. The lowest BCUT2D eigenvalue weighted by molar-refractivity contribution is -0.123. The van der Waals surface area contributed by atoms with Crippen LogP contribution in [-0.2, 0) is 11.3 Å². The first-order valence-electron chi connectivity index (χ1n) is 6.87. The molecule has 23 heavy (non-hydrogen) atoms. The lowest BCUT2D eigenvalue weighted by Crippen LogP contribution is -2.30. The highest BCUT2D eigenvalue weighted by atomic mass is 79.9. The Labute approximate surface area is 140 Å². The van der Waals surface area contributed by atoms with Crippen LogP contribution in [0.2, 0.25) is 0 Å². The van der Waals surface area contributed by atoms with E-state index in [1.807, 2.05) is 24.3 Å². The van der Waals surface area contributed by atoms with Gasteiger partial charge in [-0.15, -0.1) is 0 Å². The number of nitrogens with one attached hydrogen (secondary N) is 1. The van der Waals surface area contributed by atoms with Gasteiger partial charge in [-0.1, -0.05) is 40.2 Å². The van der Waals surface area contributed by atoms with Gasteiger partial charge in [-0.05, 0) is 41.5 Å². The number of halogens is 2. The molecule has 0 bridgehead atoms. The zero-order valence-corrected chi connectivity index (χ0v) is 13.5. The summed E-state index contributed by atoms with van der Waals surface area (Å²) in [7, 11) is 0. The van der Waals surface area contributed by atoms with Crippen molar-refractivity contribution in [2.45, 2.75) is 6.54 Å². The third-order valence-corrected chi connectivity index (χ3v) is 3.87. The minimum Gasteiger partial charge on any atom is -0.303 e. The maximum atomic E-state index is 12.9. The number of hydrogen-bond donors (Lipinski definition) is 1. The predicted molar refractivity (Wildman–Crippen MR) is 87.6 cm³/mol. The third kappa shape index (κ3) is 3.48. The Bertz CT molecular complexity index is 802. The molecule has 1 aliphatic heterocycles. The molecule has 1 fully saturated rings. The normalized spacial score (nSPS) is 16.1. The van der Waals surface area contributed by atoms with E-state index >= 15 is 0 Å². The van der Waals surface area contributed by atoms with Gasteiger partial charge in [0.25, 0.3) is 5.91 Å². The van der Waals surface area contributed by atoms with Gasteiger partial charge in [-0.3, -0.25) is 9.69 Å². The molecule has 4 nitrogen and oxygen atoms in total. The van der Waals surface area contributed by atoms with Gasteiger partial charge >= 0.3 is 6.03 Å². The fraction of sp³-hybridized carbons (Fsp3) is 0.0588. The SMILES string of the molecule is O=C1N/C(=C/c2cccc(Br)c2)C(=O)N1Cc1ccc(F)cc1. The molecular weight excluding hydrogens is 363 g/mol. The molecule has 0 aromatic heterocycles. The minimum absolute atomic E-state index is 0.0980. The summed E-state index contributed by atoms with van der Waals surface area (Å²) in [6, 6.07) is 12.6. The van der Waals surface area contributed by atoms with Gasteiger partial charge in [0.05, 0.1) is 6.54 Å². The molecule has 0 saturated carbocycles. The van der Waals surface area contributed by atoms with E-state index in [1.165, 1.54) is 12.1 Å². The second-order valence-electron chi connectivity index (χ2n) is 5.06. The van der Waals surface area contributed by atoms with E-state index in [9.17, 15) is 14.0 Å². The topological polar surface area (TPSA) is 49.4 Å². The maximum Gasteiger partial charge on any atom is 0.329 e. The molecule has 0 atom stereocenters. The lowest BCUT2D eigenvalue weighted by Gasteiger charge is -2.11. The molecule has 2 aromatic carbocycles. The number of benzene rings is 2. The van der Waals surface area contributed by atoms with Crippen molar-refractivity contribution >= 4 is 33.9 Å². The van der Waals surface area contributed by atoms with Gasteiger partial charge < -0.3 is 5.32 Å². The Kier molecular flexibility index (Phi) is 4.25. The number of amides is 3. The Morgan fingerprint density at radius 2 is 1.87 bits per heavy atom. The van der Waals surface area contributed by atoms with Crippen LogP contribution in [0.5, 0.6) is 0 Å². The van der Waals surface area contributed by atoms with Crippen LogP contribution in [0.25, 0.3) is 6.08 Å². The third-order valence-electron chi connectivity index (χ3n) is 3.38. The van der Waals surface area contributed by atoms with E-state index in [4.69, 9.17) is 0 Å². The molecule has 1 N–H and O–H groups in total. The highest BCUT2D eigenvalue weighted by Gasteiger charge is 2.33. The molecule has 2 aromatic rings. The number of imide groups is 1. The molecule has 1 heterocycles. The van der Waals surface area contributed by atoms with E-state index in [2.05, 4.69) is 21.2 Å². The quantitative estimate of drug-likeness (QED) is 0.657. The van der Waals surface area contributed by atoms with E-state index in [0.717, 1.165) is 14.9 Å². The van der Waals surface area contributed by atoms with Crippen LogP contribution in [0, 0.1) is 5.82 Å². The van der Waals surface area contributed by atoms with Crippen molar-refractivity contribution in [3.63, 3.8) is 0 Å². The second kappa shape index (κ2) is 6.34. The van der Waals surface area contributed by atoms with E-state index in [0.29, 0.717) is 5.56 Å². The van der Waals surface area contributed by atoms with Crippen LogP contribution in [0.15, 0.2) is 58.7 Å². The van der Waals surface area contributed by atoms with Crippen molar-refractivity contribution < 1.29 is 14.0 Å². The molecule has 1 saturated heterocycles. The molecule has 1 aliphatic rings. The predicted octanol–water partition coefficient (Wildman–Crippen LogP) is 3.68. The average Bonchev–Trinajstić information content (AvgIpc) is 2.77. The zero-order valence-electron chi connectivity index (χ0n) is 11.9. The van der Waals surface area contributed by atoms with Gasteiger partial charge in [0, 0.05) is 4.47 Å². The van der Waals surface area contributed by atoms with Crippen LogP contribution >= 0.6 is 15.9 Å². The molecular formula is C17H12BrFN2O2. The summed E-state index contributed by atoms with van der Waals surface area (Å²) in [6.07, 6.45) is 1.62. The Morgan fingerprint density at radius 1 is 1.13 bits per heavy atom. The van der Waals surface area contributed by atoms with Gasteiger partial charge in [-0.25, -0.2) is 9.18 Å². The van der Waals surface area contributed by atoms with Crippen LogP contribution in [0.1, 0.15) is 11.1 Å². The van der Waals surface area contributed by atoms with Crippen molar-refractivity contribution in [1.29, 1.82) is 0 Å². The van der Waals surface area contributed by atoms with Gasteiger partial charge in [0.2, 0.25) is 0 Å². The first kappa shape index (κ1) is 15.4. The average molecular weight is 375 g/mol. The Hall–Kier alpha value is -2.47. The van der Waals surface area contributed by atoms with E-state index < -0.39 is 11.9 Å². The molecule has 0 spiro atoms. The van der Waals surface area contributed by atoms with Crippen molar-refractivity contribution in [2.75, 3.05) is 0 Å². The zero-order chi connectivity index (χ0) is 16.4. The second-order valence-corrected chi connectivity index (χ2v) is 5.98. The highest BCUT2D eigenvalue weighted by molar-refractivity contribution is 9.10. The maximum absolute atomic E-state index is 12.9. The minimum atomic E-state index is -0.486. The summed E-state index contributed by atoms with van der Waals surface area (Å²) < 4.78 is 13.8. The highest BCUT2D eigenvalue weighted by Crippen LogP contribution is 2.19. The largest absolute Gasteiger partial charge is 0.329 e. The fourth-order valence-corrected chi connectivity index (χ4v) is 2.67. The number of hydrogen-bond acceptors (Lipinski definition) is 2. The van der Waals surface area contributed by atoms with E-state index in [-0.39, 0.29) is 18.1 Å². The van der Waals surface area contributed by atoms with Crippen molar-refractivity contribution in [1.82, 2.24) is 10.2 Å². The summed E-state index contributed by atoms with van der Waals surface area (Å²) in [5.41, 5.74) is 1.69. The molecule has 6 heteroatoms. The molecule has 3 rings (SSSR count). The standard InChI is InChI=1S/C17H12BrFN2O2/c18-13-3-1-2-12(8-13)9-15-16(22)21(17(23)20-15)10-11-4-6-14(19)7-5-11/h1-9H,10H2,(H,20,23)/b15-9+. The van der Waals surface area contributed by atoms with Crippen LogP contribution in [-0.4, -0.2) is 16.8 Å². The van der Waals surface area contributed by atoms with Crippen LogP contribution in [0.3, 0.4) is 0 Å². The van der Waals surface area contributed by atoms with Crippen molar-refractivity contribution in [2.24, 2.45) is 0 Å².